The summed E-state index contributed by atoms with van der Waals surface area (Å²) in [6.07, 6.45) is 21.2. The van der Waals surface area contributed by atoms with E-state index in [0.29, 0.717) is 17.5 Å². The van der Waals surface area contributed by atoms with Crippen LogP contribution in [0.3, 0.4) is 0 Å². The van der Waals surface area contributed by atoms with Gasteiger partial charge in [-0.1, -0.05) is 64.7 Å². The second-order valence-electron chi connectivity index (χ2n) is 10.0. The number of nitrogens with zero attached hydrogens (tertiary/aromatic N) is 1. The Kier molecular flexibility index (Phi) is 5.81. The molecular weight excluding hydrogens is 318 g/mol. The lowest BCUT2D eigenvalue weighted by atomic mass is 9.48. The van der Waals surface area contributed by atoms with E-state index in [4.69, 9.17) is 10.7 Å². The van der Waals surface area contributed by atoms with Crippen molar-refractivity contribution in [2.75, 3.05) is 0 Å². The molecule has 3 aliphatic carbocycles. The van der Waals surface area contributed by atoms with E-state index in [1.807, 2.05) is 0 Å². The maximum absolute atomic E-state index is 6.24. The van der Waals surface area contributed by atoms with Crippen LogP contribution in [0.5, 0.6) is 0 Å². The number of nitrogens with two attached hydrogens (primary N) is 1. The first-order valence-corrected chi connectivity index (χ1v) is 11.8. The molecule has 3 fully saturated rings. The van der Waals surface area contributed by atoms with E-state index in [9.17, 15) is 0 Å². The summed E-state index contributed by atoms with van der Waals surface area (Å²) in [7, 11) is 0. The molecule has 3 heteroatoms. The van der Waals surface area contributed by atoms with Gasteiger partial charge >= 0.3 is 0 Å². The molecule has 4 aliphatic rings. The first kappa shape index (κ1) is 18.6. The van der Waals surface area contributed by atoms with Gasteiger partial charge in [-0.25, -0.2) is 4.99 Å². The van der Waals surface area contributed by atoms with Gasteiger partial charge in [-0.3, -0.25) is 0 Å². The van der Waals surface area contributed by atoms with Crippen LogP contribution in [0.15, 0.2) is 4.99 Å². The summed E-state index contributed by atoms with van der Waals surface area (Å²) in [6.45, 7) is 2.47. The van der Waals surface area contributed by atoms with E-state index < -0.39 is 0 Å². The first-order chi connectivity index (χ1) is 12.7. The van der Waals surface area contributed by atoms with Crippen molar-refractivity contribution in [2.24, 2.45) is 33.9 Å². The van der Waals surface area contributed by atoms with Crippen molar-refractivity contribution < 1.29 is 0 Å². The maximum atomic E-state index is 6.24. The van der Waals surface area contributed by atoms with Gasteiger partial charge in [0.2, 0.25) is 0 Å². The van der Waals surface area contributed by atoms with E-state index in [1.54, 1.807) is 0 Å². The molecule has 0 aromatic heterocycles. The third-order valence-electron chi connectivity index (χ3n) is 8.54. The zero-order chi connectivity index (χ0) is 18.0. The number of aliphatic imine (C=N–C) groups is 1. The third kappa shape index (κ3) is 3.40. The Bertz CT molecular complexity index is 500. The van der Waals surface area contributed by atoms with Gasteiger partial charge in [-0.2, -0.15) is 0 Å². The summed E-state index contributed by atoms with van der Waals surface area (Å²) in [6, 6.07) is 1.10. The molecule has 26 heavy (non-hydrogen) atoms. The van der Waals surface area contributed by atoms with Crippen molar-refractivity contribution in [1.29, 1.82) is 0 Å². The maximum Gasteiger partial charge on any atom is 0.189 e. The molecule has 0 amide bonds. The Labute approximate surface area is 161 Å². The smallest absolute Gasteiger partial charge is 0.189 e. The predicted molar refractivity (Wildman–Crippen MR) is 110 cm³/mol. The summed E-state index contributed by atoms with van der Waals surface area (Å²) in [5, 5.41) is 3.70. The SMILES string of the molecule is CC1CCCCCC(C23C4CCCC2N=C(N)NC3CCC4)CCCC1. The molecule has 1 heterocycles. The second-order valence-corrected chi connectivity index (χ2v) is 10.0. The molecular formula is C23H41N3. The number of nitrogens with one attached hydrogen (secondary N) is 1. The quantitative estimate of drug-likeness (QED) is 0.659. The minimum Gasteiger partial charge on any atom is -0.370 e. The van der Waals surface area contributed by atoms with Crippen molar-refractivity contribution in [1.82, 2.24) is 5.32 Å². The van der Waals surface area contributed by atoms with Gasteiger partial charge in [-0.05, 0) is 56.3 Å². The normalized spacial score (nSPS) is 44.8. The first-order valence-electron chi connectivity index (χ1n) is 11.8. The summed E-state index contributed by atoms with van der Waals surface area (Å²) in [4.78, 5) is 5.04. The van der Waals surface area contributed by atoms with Crippen molar-refractivity contribution in [3.05, 3.63) is 0 Å². The fourth-order valence-electron chi connectivity index (χ4n) is 7.44. The molecule has 3 saturated carbocycles. The number of rotatable bonds is 1. The van der Waals surface area contributed by atoms with Crippen LogP contribution in [0.2, 0.25) is 0 Å². The fourth-order valence-corrected chi connectivity index (χ4v) is 7.44. The number of hydrogen-bond donors (Lipinski definition) is 2. The molecule has 3 nitrogen and oxygen atoms in total. The Balaban J connectivity index is 1.62. The average molecular weight is 360 g/mol. The van der Waals surface area contributed by atoms with E-state index in [-0.39, 0.29) is 0 Å². The van der Waals surface area contributed by atoms with Crippen LogP contribution in [0.4, 0.5) is 0 Å². The Hall–Kier alpha value is -0.730. The largest absolute Gasteiger partial charge is 0.370 e. The zero-order valence-corrected chi connectivity index (χ0v) is 17.0. The van der Waals surface area contributed by atoms with Gasteiger partial charge in [-0.15, -0.1) is 0 Å². The van der Waals surface area contributed by atoms with Crippen LogP contribution in [0.1, 0.15) is 103 Å². The van der Waals surface area contributed by atoms with E-state index in [2.05, 4.69) is 12.2 Å². The number of hydrogen-bond acceptors (Lipinski definition) is 3. The molecule has 4 rings (SSSR count). The lowest BCUT2D eigenvalue weighted by Gasteiger charge is -2.61. The molecule has 0 bridgehead atoms. The highest BCUT2D eigenvalue weighted by molar-refractivity contribution is 5.79. The summed E-state index contributed by atoms with van der Waals surface area (Å²) in [5.41, 5.74) is 6.66. The van der Waals surface area contributed by atoms with E-state index in [0.717, 1.165) is 23.7 Å². The van der Waals surface area contributed by atoms with Gasteiger partial charge in [0.1, 0.15) is 0 Å². The number of guanidine groups is 1. The molecule has 1 aliphatic heterocycles. The van der Waals surface area contributed by atoms with E-state index in [1.165, 1.54) is 96.3 Å². The van der Waals surface area contributed by atoms with Gasteiger partial charge in [0, 0.05) is 11.5 Å². The summed E-state index contributed by atoms with van der Waals surface area (Å²) >= 11 is 0. The van der Waals surface area contributed by atoms with Crippen LogP contribution in [-0.2, 0) is 0 Å². The topological polar surface area (TPSA) is 50.4 Å². The Morgan fingerprint density at radius 2 is 1.35 bits per heavy atom. The van der Waals surface area contributed by atoms with Crippen LogP contribution in [0.25, 0.3) is 0 Å². The van der Waals surface area contributed by atoms with Gasteiger partial charge in [0.25, 0.3) is 0 Å². The molecule has 0 aromatic carbocycles. The zero-order valence-electron chi connectivity index (χ0n) is 17.0. The molecule has 0 aromatic rings. The van der Waals surface area contributed by atoms with Crippen molar-refractivity contribution in [3.63, 3.8) is 0 Å². The highest BCUT2D eigenvalue weighted by Crippen LogP contribution is 2.59. The molecule has 0 radical (unpaired) electrons. The van der Waals surface area contributed by atoms with Gasteiger partial charge < -0.3 is 11.1 Å². The lowest BCUT2D eigenvalue weighted by Crippen LogP contribution is -2.67. The standard InChI is InChI=1S/C23H41N3/c1-17-9-3-2-4-11-18(12-6-5-10-17)23-19-13-7-15-20(23)25-22(24)26-21(23)16-8-14-19/h17-21H,2-16H2,1H3,(H3,24,25,26). The molecule has 6 unspecified atom stereocenters. The predicted octanol–water partition coefficient (Wildman–Crippen LogP) is 5.39. The molecule has 6 atom stereocenters. The fraction of sp³-hybridized carbons (Fsp3) is 0.957. The molecule has 148 valence electrons. The van der Waals surface area contributed by atoms with Crippen LogP contribution in [0, 0.1) is 23.2 Å². The lowest BCUT2D eigenvalue weighted by molar-refractivity contribution is -0.0682. The Morgan fingerprint density at radius 1 is 0.769 bits per heavy atom. The third-order valence-corrected chi connectivity index (χ3v) is 8.54. The highest BCUT2D eigenvalue weighted by atomic mass is 15.2. The minimum absolute atomic E-state index is 0.416. The molecule has 0 saturated heterocycles. The average Bonchev–Trinajstić information content (AvgIpc) is 2.67. The molecule has 3 N–H and O–H groups in total. The van der Waals surface area contributed by atoms with Crippen LogP contribution >= 0.6 is 0 Å². The van der Waals surface area contributed by atoms with Crippen molar-refractivity contribution in [3.8, 4) is 0 Å². The molecule has 0 spiro atoms. The summed E-state index contributed by atoms with van der Waals surface area (Å²) < 4.78 is 0. The second kappa shape index (κ2) is 8.10. The van der Waals surface area contributed by atoms with Crippen molar-refractivity contribution >= 4 is 5.96 Å². The monoisotopic (exact) mass is 359 g/mol. The summed E-state index contributed by atoms with van der Waals surface area (Å²) in [5.74, 6) is 3.43. The Morgan fingerprint density at radius 3 is 2.12 bits per heavy atom. The van der Waals surface area contributed by atoms with E-state index >= 15 is 0 Å². The van der Waals surface area contributed by atoms with Gasteiger partial charge in [0.15, 0.2) is 5.96 Å². The van der Waals surface area contributed by atoms with Crippen LogP contribution in [-0.4, -0.2) is 18.0 Å². The van der Waals surface area contributed by atoms with Gasteiger partial charge in [0.05, 0.1) is 6.04 Å². The highest BCUT2D eigenvalue weighted by Gasteiger charge is 2.59. The minimum atomic E-state index is 0.416. The van der Waals surface area contributed by atoms with Crippen molar-refractivity contribution in [2.45, 2.75) is 115 Å². The van der Waals surface area contributed by atoms with Crippen LogP contribution < -0.4 is 11.1 Å².